The van der Waals surface area contributed by atoms with Crippen molar-refractivity contribution in [2.45, 2.75) is 38.9 Å². The Balaban J connectivity index is 3.72. The highest BCUT2D eigenvalue weighted by atomic mass is 28.3. The van der Waals surface area contributed by atoms with Crippen LogP contribution < -0.4 is 0 Å². The fraction of sp³-hybridized carbons (Fsp3) is 0.636. The number of rotatable bonds is 3. The minimum Gasteiger partial charge on any atom is -0.197 e. The van der Waals surface area contributed by atoms with E-state index in [1.165, 1.54) is 0 Å². The molecule has 2 nitrogen and oxygen atoms in total. The first-order valence-corrected chi connectivity index (χ1v) is 8.29. The molecule has 0 aromatic rings. The lowest BCUT2D eigenvalue weighted by atomic mass is 10.1. The molecule has 0 aromatic heterocycles. The quantitative estimate of drug-likeness (QED) is 0.403. The summed E-state index contributed by atoms with van der Waals surface area (Å²) < 4.78 is 0. The van der Waals surface area contributed by atoms with Crippen LogP contribution in [0.2, 0.25) is 19.6 Å². The standard InChI is InChI=1S/C11H16N2Si/c1-14(2,3)8-6-4-5-7-11(9-12)10-13/h11H,4-5,7H2,1-3H3. The number of unbranched alkanes of at least 4 members (excludes halogenated alkanes) is 1. The van der Waals surface area contributed by atoms with E-state index < -0.39 is 14.0 Å². The molecule has 0 saturated heterocycles. The van der Waals surface area contributed by atoms with Crippen molar-refractivity contribution in [3.8, 4) is 23.6 Å². The Morgan fingerprint density at radius 1 is 1.14 bits per heavy atom. The third kappa shape index (κ3) is 7.41. The average molecular weight is 204 g/mol. The van der Waals surface area contributed by atoms with Crippen molar-refractivity contribution in [1.29, 1.82) is 10.5 Å². The predicted molar refractivity (Wildman–Crippen MR) is 59.7 cm³/mol. The highest BCUT2D eigenvalue weighted by molar-refractivity contribution is 6.83. The van der Waals surface area contributed by atoms with Gasteiger partial charge in [0.2, 0.25) is 0 Å². The molecule has 0 saturated carbocycles. The van der Waals surface area contributed by atoms with Crippen molar-refractivity contribution in [2.75, 3.05) is 0 Å². The third-order valence-electron chi connectivity index (χ3n) is 1.57. The first-order valence-electron chi connectivity index (χ1n) is 4.79. The van der Waals surface area contributed by atoms with Crippen LogP contribution in [-0.2, 0) is 0 Å². The normalized spacial score (nSPS) is 9.86. The second kappa shape index (κ2) is 6.25. The topological polar surface area (TPSA) is 47.6 Å². The van der Waals surface area contributed by atoms with Crippen molar-refractivity contribution in [2.24, 2.45) is 5.92 Å². The highest BCUT2D eigenvalue weighted by Gasteiger charge is 2.07. The molecule has 14 heavy (non-hydrogen) atoms. The highest BCUT2D eigenvalue weighted by Crippen LogP contribution is 2.05. The van der Waals surface area contributed by atoms with Crippen molar-refractivity contribution in [3.05, 3.63) is 0 Å². The van der Waals surface area contributed by atoms with Gasteiger partial charge in [-0.3, -0.25) is 0 Å². The summed E-state index contributed by atoms with van der Waals surface area (Å²) in [4.78, 5) is 0. The molecule has 0 aliphatic rings. The van der Waals surface area contributed by atoms with Gasteiger partial charge in [0, 0.05) is 6.42 Å². The fourth-order valence-electron chi connectivity index (χ4n) is 0.880. The molecule has 0 spiro atoms. The van der Waals surface area contributed by atoms with Crippen LogP contribution >= 0.6 is 0 Å². The predicted octanol–water partition coefficient (Wildman–Crippen LogP) is 2.70. The van der Waals surface area contributed by atoms with Crippen molar-refractivity contribution in [3.63, 3.8) is 0 Å². The molecule has 0 heterocycles. The lowest BCUT2D eigenvalue weighted by Crippen LogP contribution is -2.16. The lowest BCUT2D eigenvalue weighted by molar-refractivity contribution is 0.686. The first-order chi connectivity index (χ1) is 6.49. The maximum absolute atomic E-state index is 8.51. The summed E-state index contributed by atoms with van der Waals surface area (Å²) in [7, 11) is -1.24. The molecule has 0 aliphatic heterocycles. The van der Waals surface area contributed by atoms with E-state index in [0.717, 1.165) is 12.8 Å². The van der Waals surface area contributed by atoms with Gasteiger partial charge < -0.3 is 0 Å². The lowest BCUT2D eigenvalue weighted by Gasteiger charge is -2.03. The van der Waals surface area contributed by atoms with Crippen LogP contribution in [0.1, 0.15) is 19.3 Å². The summed E-state index contributed by atoms with van der Waals surface area (Å²) in [6.45, 7) is 6.61. The van der Waals surface area contributed by atoms with E-state index in [1.54, 1.807) is 0 Å². The summed E-state index contributed by atoms with van der Waals surface area (Å²) in [5.41, 5.74) is 3.25. The molecule has 0 N–H and O–H groups in total. The van der Waals surface area contributed by atoms with E-state index in [-0.39, 0.29) is 0 Å². The van der Waals surface area contributed by atoms with Crippen LogP contribution in [0.25, 0.3) is 0 Å². The molecular formula is C11H16N2Si. The van der Waals surface area contributed by atoms with Crippen LogP contribution in [0.15, 0.2) is 0 Å². The zero-order chi connectivity index (χ0) is 11.0. The Labute approximate surface area is 87.6 Å². The molecule has 0 aromatic carbocycles. The number of nitrogens with zero attached hydrogens (tertiary/aromatic N) is 2. The average Bonchev–Trinajstić information content (AvgIpc) is 2.09. The van der Waals surface area contributed by atoms with Gasteiger partial charge in [-0.2, -0.15) is 10.5 Å². The van der Waals surface area contributed by atoms with E-state index in [4.69, 9.17) is 10.5 Å². The van der Waals surface area contributed by atoms with Crippen LogP contribution in [-0.4, -0.2) is 8.07 Å². The number of nitriles is 2. The molecule has 0 atom stereocenters. The van der Waals surface area contributed by atoms with Gasteiger partial charge in [-0.25, -0.2) is 0 Å². The summed E-state index contributed by atoms with van der Waals surface area (Å²) in [5, 5.41) is 17.0. The van der Waals surface area contributed by atoms with Gasteiger partial charge in [-0.1, -0.05) is 19.6 Å². The summed E-state index contributed by atoms with van der Waals surface area (Å²) in [6.07, 6.45) is 2.31. The molecule has 0 amide bonds. The zero-order valence-electron chi connectivity index (χ0n) is 9.09. The van der Waals surface area contributed by atoms with E-state index >= 15 is 0 Å². The molecule has 0 aliphatic carbocycles. The van der Waals surface area contributed by atoms with E-state index in [9.17, 15) is 0 Å². The maximum Gasteiger partial charge on any atom is 0.133 e. The van der Waals surface area contributed by atoms with E-state index in [1.807, 2.05) is 12.1 Å². The summed E-state index contributed by atoms with van der Waals surface area (Å²) in [6, 6.07) is 3.92. The Morgan fingerprint density at radius 2 is 1.71 bits per heavy atom. The first kappa shape index (κ1) is 12.8. The number of hydrogen-bond donors (Lipinski definition) is 0. The second-order valence-corrected chi connectivity index (χ2v) is 9.00. The van der Waals surface area contributed by atoms with Crippen molar-refractivity contribution >= 4 is 8.07 Å². The molecule has 74 valence electrons. The van der Waals surface area contributed by atoms with Crippen LogP contribution in [0, 0.1) is 40.0 Å². The van der Waals surface area contributed by atoms with Gasteiger partial charge >= 0.3 is 0 Å². The molecule has 0 bridgehead atoms. The van der Waals surface area contributed by atoms with E-state index in [2.05, 4.69) is 31.1 Å². The largest absolute Gasteiger partial charge is 0.197 e. The molecule has 0 radical (unpaired) electrons. The summed E-state index contributed by atoms with van der Waals surface area (Å²) in [5.74, 6) is 2.67. The fourth-order valence-corrected chi connectivity index (χ4v) is 1.54. The van der Waals surface area contributed by atoms with Crippen LogP contribution in [0.5, 0.6) is 0 Å². The van der Waals surface area contributed by atoms with Crippen molar-refractivity contribution in [1.82, 2.24) is 0 Å². The van der Waals surface area contributed by atoms with Crippen LogP contribution in [0.3, 0.4) is 0 Å². The zero-order valence-corrected chi connectivity index (χ0v) is 10.1. The monoisotopic (exact) mass is 204 g/mol. The number of hydrogen-bond acceptors (Lipinski definition) is 2. The van der Waals surface area contributed by atoms with Gasteiger partial charge in [-0.05, 0) is 12.8 Å². The van der Waals surface area contributed by atoms with Gasteiger partial charge in [0.15, 0.2) is 0 Å². The Morgan fingerprint density at radius 3 is 2.14 bits per heavy atom. The van der Waals surface area contributed by atoms with E-state index in [0.29, 0.717) is 6.42 Å². The minimum atomic E-state index is -1.24. The van der Waals surface area contributed by atoms with Crippen LogP contribution in [0.4, 0.5) is 0 Å². The Kier molecular flexibility index (Phi) is 5.69. The Hall–Kier alpha value is -1.24. The minimum absolute atomic E-state index is 0.455. The van der Waals surface area contributed by atoms with Gasteiger partial charge in [-0.15, -0.1) is 11.5 Å². The molecule has 0 rings (SSSR count). The van der Waals surface area contributed by atoms with Gasteiger partial charge in [0.1, 0.15) is 14.0 Å². The third-order valence-corrected chi connectivity index (χ3v) is 2.50. The maximum atomic E-state index is 8.51. The van der Waals surface area contributed by atoms with Crippen molar-refractivity contribution < 1.29 is 0 Å². The smallest absolute Gasteiger partial charge is 0.133 e. The summed E-state index contributed by atoms with van der Waals surface area (Å²) >= 11 is 0. The molecule has 0 fully saturated rings. The second-order valence-electron chi connectivity index (χ2n) is 4.25. The molecule has 3 heteroatoms. The SMILES string of the molecule is C[Si](C)(C)C#CCCCC(C#N)C#N. The van der Waals surface area contributed by atoms with Gasteiger partial charge in [0.05, 0.1) is 12.1 Å². The van der Waals surface area contributed by atoms with Gasteiger partial charge in [0.25, 0.3) is 0 Å². The molecule has 0 unspecified atom stereocenters. The molecular weight excluding hydrogens is 188 g/mol. The Bertz CT molecular complexity index is 289.